The summed E-state index contributed by atoms with van der Waals surface area (Å²) in [4.78, 5) is 12.5. The molecule has 0 saturated carbocycles. The zero-order chi connectivity index (χ0) is 25.1. The van der Waals surface area contributed by atoms with Gasteiger partial charge in [-0.2, -0.15) is 0 Å². The first kappa shape index (κ1) is 25.7. The van der Waals surface area contributed by atoms with E-state index in [1.54, 1.807) is 12.1 Å². The van der Waals surface area contributed by atoms with Crippen LogP contribution >= 0.6 is 0 Å². The smallest absolute Gasteiger partial charge is 0.256 e. The van der Waals surface area contributed by atoms with Crippen molar-refractivity contribution in [3.05, 3.63) is 96.3 Å². The Balaban J connectivity index is 2.17. The Morgan fingerprint density at radius 3 is 1.59 bits per heavy atom. The van der Waals surface area contributed by atoms with Gasteiger partial charge in [0.15, 0.2) is 5.78 Å². The van der Waals surface area contributed by atoms with Gasteiger partial charge in [0, 0.05) is 12.1 Å². The second-order valence-electron chi connectivity index (χ2n) is 8.08. The molecule has 0 fully saturated rings. The fourth-order valence-electron chi connectivity index (χ4n) is 3.32. The molecule has 0 aliphatic carbocycles. The molecule has 0 aliphatic rings. The predicted molar refractivity (Wildman–Crippen MR) is 123 cm³/mol. The van der Waals surface area contributed by atoms with Crippen molar-refractivity contribution in [3.8, 4) is 0 Å². The van der Waals surface area contributed by atoms with Crippen LogP contribution in [0.5, 0.6) is 0 Å². The molecule has 1 unspecified atom stereocenters. The van der Waals surface area contributed by atoms with Crippen LogP contribution < -0.4 is 0 Å². The highest BCUT2D eigenvalue weighted by Gasteiger charge is 2.44. The SMILES string of the molecule is CC(C)(F)C(CN(S(=O)(=O)c1ccccc1)S(=O)(=O)c1ccccc1)C(=O)c1ccc(F)cc1. The van der Waals surface area contributed by atoms with Gasteiger partial charge in [0.05, 0.1) is 15.7 Å². The number of nitrogens with zero attached hydrogens (tertiary/aromatic N) is 1. The molecule has 0 aromatic heterocycles. The first-order valence-corrected chi connectivity index (χ1v) is 13.1. The van der Waals surface area contributed by atoms with E-state index in [0.29, 0.717) is 0 Å². The molecule has 0 amide bonds. The van der Waals surface area contributed by atoms with E-state index in [2.05, 4.69) is 0 Å². The molecular weight excluding hydrogens is 484 g/mol. The number of halogens is 2. The molecule has 10 heteroatoms. The lowest BCUT2D eigenvalue weighted by atomic mass is 9.86. The number of rotatable bonds is 9. The molecule has 1 atom stereocenters. The van der Waals surface area contributed by atoms with Crippen molar-refractivity contribution >= 4 is 25.8 Å². The van der Waals surface area contributed by atoms with E-state index in [1.165, 1.54) is 48.5 Å². The van der Waals surface area contributed by atoms with E-state index in [0.717, 1.165) is 38.1 Å². The Kier molecular flexibility index (Phi) is 7.35. The van der Waals surface area contributed by atoms with Crippen molar-refractivity contribution in [1.29, 1.82) is 0 Å². The number of carbonyl (C=O) groups is 1. The molecule has 0 heterocycles. The number of Topliss-reactive ketones (excluding diaryl/α,β-unsaturated/α-hetero) is 1. The molecule has 0 radical (unpaired) electrons. The lowest BCUT2D eigenvalue weighted by molar-refractivity contribution is 0.0681. The van der Waals surface area contributed by atoms with Crippen molar-refractivity contribution in [2.45, 2.75) is 29.3 Å². The summed E-state index contributed by atoms with van der Waals surface area (Å²) in [5.74, 6) is -3.19. The third kappa shape index (κ3) is 5.40. The van der Waals surface area contributed by atoms with Gasteiger partial charge >= 0.3 is 0 Å². The molecule has 180 valence electrons. The molecule has 3 rings (SSSR count). The zero-order valence-electron chi connectivity index (χ0n) is 18.4. The van der Waals surface area contributed by atoms with Gasteiger partial charge in [-0.1, -0.05) is 40.1 Å². The van der Waals surface area contributed by atoms with Crippen LogP contribution in [0, 0.1) is 11.7 Å². The van der Waals surface area contributed by atoms with Gasteiger partial charge in [-0.15, -0.1) is 0 Å². The lowest BCUT2D eigenvalue weighted by Gasteiger charge is -2.31. The molecule has 34 heavy (non-hydrogen) atoms. The monoisotopic (exact) mass is 507 g/mol. The Morgan fingerprint density at radius 2 is 1.21 bits per heavy atom. The molecule has 0 spiro atoms. The van der Waals surface area contributed by atoms with Gasteiger partial charge in [0.2, 0.25) is 0 Å². The van der Waals surface area contributed by atoms with E-state index < -0.39 is 49.8 Å². The summed E-state index contributed by atoms with van der Waals surface area (Å²) in [5, 5.41) is 0. The van der Waals surface area contributed by atoms with Crippen molar-refractivity contribution in [3.63, 3.8) is 0 Å². The van der Waals surface area contributed by atoms with Crippen LogP contribution in [0.15, 0.2) is 94.7 Å². The molecule has 0 N–H and O–H groups in total. The van der Waals surface area contributed by atoms with Gasteiger partial charge in [-0.25, -0.2) is 25.6 Å². The van der Waals surface area contributed by atoms with Crippen LogP contribution in [0.2, 0.25) is 0 Å². The highest BCUT2D eigenvalue weighted by atomic mass is 32.3. The number of sulfonamides is 2. The number of ketones is 1. The number of hydrogen-bond donors (Lipinski definition) is 0. The van der Waals surface area contributed by atoms with Gasteiger partial charge in [0.25, 0.3) is 20.0 Å². The summed E-state index contributed by atoms with van der Waals surface area (Å²) in [6.07, 6.45) is 0. The fourth-order valence-corrected chi connectivity index (χ4v) is 7.03. The van der Waals surface area contributed by atoms with Crippen LogP contribution in [0.4, 0.5) is 8.78 Å². The van der Waals surface area contributed by atoms with E-state index in [1.807, 2.05) is 0 Å². The predicted octanol–water partition coefficient (Wildman–Crippen LogP) is 4.45. The zero-order valence-corrected chi connectivity index (χ0v) is 20.1. The second kappa shape index (κ2) is 9.73. The maximum atomic E-state index is 15.3. The maximum absolute atomic E-state index is 15.3. The first-order valence-electron chi connectivity index (χ1n) is 10.2. The van der Waals surface area contributed by atoms with Gasteiger partial charge < -0.3 is 0 Å². The Morgan fingerprint density at radius 1 is 0.794 bits per heavy atom. The molecular formula is C24H23F2NO5S2. The first-order chi connectivity index (χ1) is 15.8. The van der Waals surface area contributed by atoms with E-state index >= 15 is 4.39 Å². The van der Waals surface area contributed by atoms with Crippen molar-refractivity contribution < 1.29 is 30.4 Å². The van der Waals surface area contributed by atoms with Crippen LogP contribution in [-0.2, 0) is 20.0 Å². The highest BCUT2D eigenvalue weighted by molar-refractivity contribution is 8.04. The fraction of sp³-hybridized carbons (Fsp3) is 0.208. The van der Waals surface area contributed by atoms with Crippen molar-refractivity contribution in [1.82, 2.24) is 3.71 Å². The normalized spacial score (nSPS) is 13.6. The number of hydrogen-bond acceptors (Lipinski definition) is 5. The largest absolute Gasteiger partial charge is 0.294 e. The maximum Gasteiger partial charge on any atom is 0.256 e. The number of benzene rings is 3. The van der Waals surface area contributed by atoms with Crippen LogP contribution in [0.25, 0.3) is 0 Å². The van der Waals surface area contributed by atoms with Crippen LogP contribution in [-0.4, -0.2) is 38.5 Å². The molecule has 0 saturated heterocycles. The Bertz CT molecular complexity index is 1280. The Labute approximate surface area is 198 Å². The van der Waals surface area contributed by atoms with Gasteiger partial charge in [0.1, 0.15) is 11.5 Å². The number of carbonyl (C=O) groups excluding carboxylic acids is 1. The standard InChI is InChI=1S/C24H23F2NO5S2/c1-24(2,26)22(23(28)18-13-15-19(25)16-14-18)17-27(33(29,30)20-9-5-3-6-10-20)34(31,32)21-11-7-4-8-12-21/h3-16,22H,17H2,1-2H3. The Hall–Kier alpha value is -2.95. The molecule has 3 aromatic rings. The summed E-state index contributed by atoms with van der Waals surface area (Å²) >= 11 is 0. The topological polar surface area (TPSA) is 88.6 Å². The summed E-state index contributed by atoms with van der Waals surface area (Å²) < 4.78 is 82.7. The van der Waals surface area contributed by atoms with Crippen LogP contribution in [0.3, 0.4) is 0 Å². The lowest BCUT2D eigenvalue weighted by Crippen LogP contribution is -2.47. The quantitative estimate of drug-likeness (QED) is 0.399. The van der Waals surface area contributed by atoms with Crippen molar-refractivity contribution in [2.24, 2.45) is 5.92 Å². The molecule has 0 bridgehead atoms. The number of alkyl halides is 1. The summed E-state index contributed by atoms with van der Waals surface area (Å²) in [6.45, 7) is 1.12. The third-order valence-electron chi connectivity index (χ3n) is 5.22. The average Bonchev–Trinajstić information content (AvgIpc) is 2.79. The molecule has 0 aliphatic heterocycles. The highest BCUT2D eigenvalue weighted by Crippen LogP contribution is 2.32. The molecule has 3 aromatic carbocycles. The van der Waals surface area contributed by atoms with E-state index in [4.69, 9.17) is 0 Å². The van der Waals surface area contributed by atoms with Crippen LogP contribution in [0.1, 0.15) is 24.2 Å². The van der Waals surface area contributed by atoms with E-state index in [9.17, 15) is 26.0 Å². The average molecular weight is 508 g/mol. The third-order valence-corrected chi connectivity index (χ3v) is 9.51. The van der Waals surface area contributed by atoms with Gasteiger partial charge in [-0.3, -0.25) is 4.79 Å². The summed E-state index contributed by atoms with van der Waals surface area (Å²) in [6, 6.07) is 17.9. The summed E-state index contributed by atoms with van der Waals surface area (Å²) in [7, 11) is -9.44. The molecule has 6 nitrogen and oxygen atoms in total. The minimum atomic E-state index is -4.72. The van der Waals surface area contributed by atoms with Crippen molar-refractivity contribution in [2.75, 3.05) is 6.54 Å². The van der Waals surface area contributed by atoms with Gasteiger partial charge in [-0.05, 0) is 62.4 Å². The minimum absolute atomic E-state index is 0.0775. The summed E-state index contributed by atoms with van der Waals surface area (Å²) in [5.41, 5.74) is -2.39. The second-order valence-corrected chi connectivity index (χ2v) is 12.0. The minimum Gasteiger partial charge on any atom is -0.294 e. The van der Waals surface area contributed by atoms with E-state index in [-0.39, 0.29) is 19.1 Å².